The molecular weight excluding hydrogens is 338 g/mol. The molecule has 1 N–H and O–H groups in total. The highest BCUT2D eigenvalue weighted by Gasteiger charge is 2.26. The molecule has 0 radical (unpaired) electrons. The lowest BCUT2D eigenvalue weighted by Gasteiger charge is -2.38. The molecule has 0 bridgehead atoms. The molecule has 27 heavy (non-hydrogen) atoms. The predicted octanol–water partition coefficient (Wildman–Crippen LogP) is 3.21. The summed E-state index contributed by atoms with van der Waals surface area (Å²) in [5.41, 5.74) is 2.65. The normalized spacial score (nSPS) is 19.3. The van der Waals surface area contributed by atoms with Crippen LogP contribution in [0.4, 0.5) is 5.69 Å². The van der Waals surface area contributed by atoms with Gasteiger partial charge in [0, 0.05) is 32.7 Å². The Morgan fingerprint density at radius 1 is 1.19 bits per heavy atom. The molecule has 1 aromatic rings. The summed E-state index contributed by atoms with van der Waals surface area (Å²) in [6, 6.07) is 8.06. The van der Waals surface area contributed by atoms with Crippen molar-refractivity contribution in [1.82, 2.24) is 10.2 Å². The lowest BCUT2D eigenvalue weighted by molar-refractivity contribution is -0.125. The SMILES string of the molecule is COc1ccccc1N1CCN(C(C)C(=O)NCCC2=CCCCC2)CC1. The van der Waals surface area contributed by atoms with E-state index in [1.165, 1.54) is 31.3 Å². The van der Waals surface area contributed by atoms with Gasteiger partial charge in [-0.2, -0.15) is 0 Å². The minimum atomic E-state index is -0.0786. The monoisotopic (exact) mass is 371 g/mol. The Morgan fingerprint density at radius 3 is 2.67 bits per heavy atom. The third-order valence-corrected chi connectivity index (χ3v) is 5.80. The summed E-state index contributed by atoms with van der Waals surface area (Å²) < 4.78 is 5.48. The fourth-order valence-corrected chi connectivity index (χ4v) is 4.03. The van der Waals surface area contributed by atoms with Crippen molar-refractivity contribution in [2.24, 2.45) is 0 Å². The number of methoxy groups -OCH3 is 1. The van der Waals surface area contributed by atoms with Gasteiger partial charge >= 0.3 is 0 Å². The molecule has 1 unspecified atom stereocenters. The molecule has 1 aliphatic carbocycles. The summed E-state index contributed by atoms with van der Waals surface area (Å²) in [7, 11) is 1.71. The van der Waals surface area contributed by atoms with E-state index in [1.807, 2.05) is 25.1 Å². The number of amides is 1. The number of carbonyl (C=O) groups is 1. The maximum atomic E-state index is 12.5. The van der Waals surface area contributed by atoms with Gasteiger partial charge in [0.1, 0.15) is 5.75 Å². The molecule has 1 amide bonds. The van der Waals surface area contributed by atoms with Gasteiger partial charge in [0.2, 0.25) is 5.91 Å². The molecule has 1 aliphatic heterocycles. The van der Waals surface area contributed by atoms with Crippen molar-refractivity contribution >= 4 is 11.6 Å². The minimum absolute atomic E-state index is 0.0786. The predicted molar refractivity (Wildman–Crippen MR) is 110 cm³/mol. The standard InChI is InChI=1S/C22H33N3O2/c1-18(22(26)23-13-12-19-8-4-3-5-9-19)24-14-16-25(17-15-24)20-10-6-7-11-21(20)27-2/h6-8,10-11,18H,3-5,9,12-17H2,1-2H3,(H,23,26). The molecule has 5 heteroatoms. The zero-order valence-corrected chi connectivity index (χ0v) is 16.7. The van der Waals surface area contributed by atoms with Crippen molar-refractivity contribution < 1.29 is 9.53 Å². The maximum Gasteiger partial charge on any atom is 0.237 e. The van der Waals surface area contributed by atoms with Crippen LogP contribution < -0.4 is 15.0 Å². The maximum absolute atomic E-state index is 12.5. The molecule has 0 spiro atoms. The summed E-state index contributed by atoms with van der Waals surface area (Å²) in [5, 5.41) is 3.13. The van der Waals surface area contributed by atoms with Crippen LogP contribution in [-0.4, -0.2) is 56.7 Å². The van der Waals surface area contributed by atoms with Crippen molar-refractivity contribution in [3.63, 3.8) is 0 Å². The highest BCUT2D eigenvalue weighted by atomic mass is 16.5. The Labute approximate surface area is 163 Å². The van der Waals surface area contributed by atoms with Gasteiger partial charge in [-0.15, -0.1) is 0 Å². The van der Waals surface area contributed by atoms with Crippen molar-refractivity contribution in [1.29, 1.82) is 0 Å². The number of hydrogen-bond donors (Lipinski definition) is 1. The van der Waals surface area contributed by atoms with Gasteiger partial charge in [-0.05, 0) is 51.2 Å². The van der Waals surface area contributed by atoms with E-state index in [9.17, 15) is 4.79 Å². The molecule has 1 fully saturated rings. The van der Waals surface area contributed by atoms with E-state index in [0.29, 0.717) is 0 Å². The first-order valence-corrected chi connectivity index (χ1v) is 10.3. The van der Waals surface area contributed by atoms with Crippen molar-refractivity contribution in [2.75, 3.05) is 44.7 Å². The topological polar surface area (TPSA) is 44.8 Å². The average Bonchev–Trinajstić information content (AvgIpc) is 2.74. The van der Waals surface area contributed by atoms with E-state index < -0.39 is 0 Å². The molecule has 148 valence electrons. The summed E-state index contributed by atoms with van der Waals surface area (Å²) in [4.78, 5) is 17.2. The molecule has 2 aliphatic rings. The number of hydrogen-bond acceptors (Lipinski definition) is 4. The van der Waals surface area contributed by atoms with E-state index >= 15 is 0 Å². The van der Waals surface area contributed by atoms with Crippen LogP contribution in [0.2, 0.25) is 0 Å². The van der Waals surface area contributed by atoms with Crippen molar-refractivity contribution in [3.8, 4) is 5.75 Å². The fraction of sp³-hybridized carbons (Fsp3) is 0.591. The largest absolute Gasteiger partial charge is 0.495 e. The van der Waals surface area contributed by atoms with Gasteiger partial charge in [-0.1, -0.05) is 23.8 Å². The third kappa shape index (κ3) is 5.25. The number of allylic oxidation sites excluding steroid dienone is 1. The number of nitrogens with zero attached hydrogens (tertiary/aromatic N) is 2. The molecule has 1 aromatic carbocycles. The molecule has 1 heterocycles. The number of ether oxygens (including phenoxy) is 1. The Balaban J connectivity index is 1.44. The first-order valence-electron chi connectivity index (χ1n) is 10.3. The number of nitrogens with one attached hydrogen (secondary N) is 1. The van der Waals surface area contributed by atoms with Crippen molar-refractivity contribution in [3.05, 3.63) is 35.9 Å². The van der Waals surface area contributed by atoms with Crippen LogP contribution in [0.25, 0.3) is 0 Å². The van der Waals surface area contributed by atoms with Crippen LogP contribution in [0, 0.1) is 0 Å². The van der Waals surface area contributed by atoms with Crippen LogP contribution in [0.3, 0.4) is 0 Å². The second kappa shape index (κ2) is 9.79. The molecule has 0 saturated carbocycles. The van der Waals surface area contributed by atoms with Gasteiger partial charge in [-0.3, -0.25) is 9.69 Å². The van der Waals surface area contributed by atoms with E-state index in [4.69, 9.17) is 4.74 Å². The Kier molecular flexibility index (Phi) is 7.16. The van der Waals surface area contributed by atoms with Gasteiger partial charge in [-0.25, -0.2) is 0 Å². The van der Waals surface area contributed by atoms with E-state index in [2.05, 4.69) is 27.3 Å². The van der Waals surface area contributed by atoms with Crippen LogP contribution in [-0.2, 0) is 4.79 Å². The number of anilines is 1. The molecule has 3 rings (SSSR count). The average molecular weight is 372 g/mol. The first-order chi connectivity index (χ1) is 13.2. The van der Waals surface area contributed by atoms with Gasteiger partial charge < -0.3 is 15.0 Å². The molecule has 1 atom stereocenters. The molecule has 0 aromatic heterocycles. The smallest absolute Gasteiger partial charge is 0.237 e. The second-order valence-electron chi connectivity index (χ2n) is 7.52. The van der Waals surface area contributed by atoms with Crippen LogP contribution >= 0.6 is 0 Å². The number of rotatable bonds is 7. The molecular formula is C22H33N3O2. The quantitative estimate of drug-likeness (QED) is 0.748. The summed E-state index contributed by atoms with van der Waals surface area (Å²) in [6.45, 7) is 6.37. The van der Waals surface area contributed by atoms with Gasteiger partial charge in [0.15, 0.2) is 0 Å². The van der Waals surface area contributed by atoms with E-state index in [1.54, 1.807) is 7.11 Å². The lowest BCUT2D eigenvalue weighted by Crippen LogP contribution is -2.54. The number of carbonyl (C=O) groups excluding carboxylic acids is 1. The van der Waals surface area contributed by atoms with Gasteiger partial charge in [0.25, 0.3) is 0 Å². The summed E-state index contributed by atoms with van der Waals surface area (Å²) in [5.74, 6) is 1.06. The minimum Gasteiger partial charge on any atom is -0.495 e. The van der Waals surface area contributed by atoms with Crippen LogP contribution in [0.5, 0.6) is 5.75 Å². The number of piperazine rings is 1. The van der Waals surface area contributed by atoms with Crippen molar-refractivity contribution in [2.45, 2.75) is 45.1 Å². The fourth-order valence-electron chi connectivity index (χ4n) is 4.03. The highest BCUT2D eigenvalue weighted by Crippen LogP contribution is 2.28. The second-order valence-corrected chi connectivity index (χ2v) is 7.52. The van der Waals surface area contributed by atoms with Gasteiger partial charge in [0.05, 0.1) is 18.8 Å². The summed E-state index contributed by atoms with van der Waals surface area (Å²) >= 11 is 0. The van der Waals surface area contributed by atoms with Crippen LogP contribution in [0.15, 0.2) is 35.9 Å². The summed E-state index contributed by atoms with van der Waals surface area (Å²) in [6.07, 6.45) is 8.38. The van der Waals surface area contributed by atoms with E-state index in [-0.39, 0.29) is 11.9 Å². The zero-order chi connectivity index (χ0) is 19.1. The molecule has 5 nitrogen and oxygen atoms in total. The van der Waals surface area contributed by atoms with Crippen LogP contribution in [0.1, 0.15) is 39.0 Å². The molecule has 1 saturated heterocycles. The number of benzene rings is 1. The Hall–Kier alpha value is -2.01. The number of para-hydroxylation sites is 2. The highest BCUT2D eigenvalue weighted by molar-refractivity contribution is 5.81. The first kappa shape index (κ1) is 19.7. The zero-order valence-electron chi connectivity index (χ0n) is 16.7. The lowest BCUT2D eigenvalue weighted by atomic mass is 9.97. The Bertz CT molecular complexity index is 651. The third-order valence-electron chi connectivity index (χ3n) is 5.80. The van der Waals surface area contributed by atoms with E-state index in [0.717, 1.165) is 50.6 Å². The Morgan fingerprint density at radius 2 is 1.96 bits per heavy atom.